The molecule has 1 aromatic heterocycles. The zero-order valence-electron chi connectivity index (χ0n) is 13.9. The molecular weight excluding hydrogens is 292 g/mol. The lowest BCUT2D eigenvalue weighted by molar-refractivity contribution is 0.0827. The summed E-state index contributed by atoms with van der Waals surface area (Å²) in [6.07, 6.45) is 3.25. The van der Waals surface area contributed by atoms with Crippen molar-refractivity contribution in [2.45, 2.75) is 26.5 Å². The molecule has 122 valence electrons. The highest BCUT2D eigenvalue weighted by Gasteiger charge is 2.09. The van der Waals surface area contributed by atoms with E-state index in [0.717, 1.165) is 5.56 Å². The summed E-state index contributed by atoms with van der Waals surface area (Å²) in [4.78, 5) is 21.9. The molecule has 2 rings (SSSR count). The van der Waals surface area contributed by atoms with Crippen LogP contribution in [0.1, 0.15) is 29.8 Å². The van der Waals surface area contributed by atoms with Gasteiger partial charge in [-0.3, -0.25) is 4.79 Å². The topological polar surface area (TPSA) is 67.4 Å². The number of hydrogen-bond acceptors (Lipinski definition) is 5. The molecule has 1 amide bonds. The average molecular weight is 314 g/mol. The van der Waals surface area contributed by atoms with Crippen molar-refractivity contribution in [1.82, 2.24) is 14.9 Å². The van der Waals surface area contributed by atoms with E-state index in [9.17, 15) is 4.79 Å². The minimum Gasteiger partial charge on any atom is -0.472 e. The number of nitrogens with one attached hydrogen (secondary N) is 1. The molecule has 1 aromatic carbocycles. The Morgan fingerprint density at radius 1 is 1.17 bits per heavy atom. The van der Waals surface area contributed by atoms with Gasteiger partial charge in [-0.15, -0.1) is 0 Å². The highest BCUT2D eigenvalue weighted by molar-refractivity contribution is 5.93. The van der Waals surface area contributed by atoms with Crippen molar-refractivity contribution in [3.8, 4) is 5.88 Å². The molecule has 0 unspecified atom stereocenters. The van der Waals surface area contributed by atoms with Gasteiger partial charge in [0.2, 0.25) is 0 Å². The standard InChI is InChI=1S/C17H22N4O2/c1-12(2)23-16-15(18-9-10-19-16)20-11-13-5-7-14(8-6-13)17(22)21(3)4/h5-10,12H,11H2,1-4H3,(H,18,20). The van der Waals surface area contributed by atoms with Crippen LogP contribution in [-0.2, 0) is 6.54 Å². The molecule has 1 heterocycles. The molecule has 0 radical (unpaired) electrons. The van der Waals surface area contributed by atoms with Crippen molar-refractivity contribution in [2.75, 3.05) is 19.4 Å². The van der Waals surface area contributed by atoms with Gasteiger partial charge in [0, 0.05) is 38.6 Å². The third kappa shape index (κ3) is 4.67. The summed E-state index contributed by atoms with van der Waals surface area (Å²) in [5.41, 5.74) is 1.71. The quantitative estimate of drug-likeness (QED) is 0.887. The Balaban J connectivity index is 2.03. The van der Waals surface area contributed by atoms with Crippen LogP contribution < -0.4 is 10.1 Å². The molecule has 23 heavy (non-hydrogen) atoms. The van der Waals surface area contributed by atoms with Crippen molar-refractivity contribution in [2.24, 2.45) is 0 Å². The van der Waals surface area contributed by atoms with Crippen LogP contribution in [0.4, 0.5) is 5.82 Å². The van der Waals surface area contributed by atoms with Crippen LogP contribution in [0.2, 0.25) is 0 Å². The number of nitrogens with zero attached hydrogens (tertiary/aromatic N) is 3. The molecule has 0 saturated heterocycles. The van der Waals surface area contributed by atoms with Crippen molar-refractivity contribution < 1.29 is 9.53 Å². The summed E-state index contributed by atoms with van der Waals surface area (Å²) < 4.78 is 5.62. The Labute approximate surface area is 136 Å². The third-order valence-electron chi connectivity index (χ3n) is 3.08. The highest BCUT2D eigenvalue weighted by atomic mass is 16.5. The van der Waals surface area contributed by atoms with E-state index in [0.29, 0.717) is 23.8 Å². The van der Waals surface area contributed by atoms with Crippen LogP contribution in [-0.4, -0.2) is 41.0 Å². The molecule has 0 aliphatic carbocycles. The molecular formula is C17H22N4O2. The van der Waals surface area contributed by atoms with Gasteiger partial charge >= 0.3 is 0 Å². The first-order valence-corrected chi connectivity index (χ1v) is 7.49. The Hall–Kier alpha value is -2.63. The van der Waals surface area contributed by atoms with Crippen LogP contribution in [0.3, 0.4) is 0 Å². The summed E-state index contributed by atoms with van der Waals surface area (Å²) in [7, 11) is 3.48. The number of carbonyl (C=O) groups is 1. The summed E-state index contributed by atoms with van der Waals surface area (Å²) in [5.74, 6) is 1.09. The summed E-state index contributed by atoms with van der Waals surface area (Å²) in [6, 6.07) is 7.48. The normalized spacial score (nSPS) is 10.5. The number of rotatable bonds is 6. The minimum absolute atomic E-state index is 0.00828. The second-order valence-corrected chi connectivity index (χ2v) is 5.63. The van der Waals surface area contributed by atoms with Crippen molar-refractivity contribution in [3.05, 3.63) is 47.8 Å². The molecule has 0 aliphatic rings. The van der Waals surface area contributed by atoms with Crippen molar-refractivity contribution in [3.63, 3.8) is 0 Å². The van der Waals surface area contributed by atoms with Gasteiger partial charge < -0.3 is 15.0 Å². The van der Waals surface area contributed by atoms with Gasteiger partial charge in [0.05, 0.1) is 6.10 Å². The van der Waals surface area contributed by atoms with Gasteiger partial charge in [0.1, 0.15) is 0 Å². The fourth-order valence-corrected chi connectivity index (χ4v) is 1.97. The second-order valence-electron chi connectivity index (χ2n) is 5.63. The van der Waals surface area contributed by atoms with E-state index in [-0.39, 0.29) is 12.0 Å². The average Bonchev–Trinajstić information content (AvgIpc) is 2.53. The molecule has 6 nitrogen and oxygen atoms in total. The molecule has 1 N–H and O–H groups in total. The van der Waals surface area contributed by atoms with Gasteiger partial charge in [0.25, 0.3) is 11.8 Å². The number of amides is 1. The molecule has 0 fully saturated rings. The predicted octanol–water partition coefficient (Wildman–Crippen LogP) is 2.58. The molecule has 0 saturated carbocycles. The molecule has 0 aliphatic heterocycles. The zero-order valence-corrected chi connectivity index (χ0v) is 13.9. The van der Waals surface area contributed by atoms with E-state index >= 15 is 0 Å². The molecule has 6 heteroatoms. The largest absolute Gasteiger partial charge is 0.472 e. The second kappa shape index (κ2) is 7.58. The first-order chi connectivity index (χ1) is 11.0. The van der Waals surface area contributed by atoms with Crippen LogP contribution in [0.5, 0.6) is 5.88 Å². The van der Waals surface area contributed by atoms with Gasteiger partial charge in [0.15, 0.2) is 5.82 Å². The van der Waals surface area contributed by atoms with Crippen LogP contribution in [0.15, 0.2) is 36.7 Å². The van der Waals surface area contributed by atoms with E-state index in [1.54, 1.807) is 31.4 Å². The summed E-state index contributed by atoms with van der Waals surface area (Å²) in [5, 5.41) is 3.21. The highest BCUT2D eigenvalue weighted by Crippen LogP contribution is 2.19. The summed E-state index contributed by atoms with van der Waals surface area (Å²) >= 11 is 0. The van der Waals surface area contributed by atoms with E-state index in [4.69, 9.17) is 4.74 Å². The van der Waals surface area contributed by atoms with Crippen molar-refractivity contribution in [1.29, 1.82) is 0 Å². The van der Waals surface area contributed by atoms with Gasteiger partial charge in [-0.1, -0.05) is 12.1 Å². The fraction of sp³-hybridized carbons (Fsp3) is 0.353. The van der Waals surface area contributed by atoms with E-state index < -0.39 is 0 Å². The van der Waals surface area contributed by atoms with Crippen LogP contribution >= 0.6 is 0 Å². The number of ether oxygens (including phenoxy) is 1. The third-order valence-corrected chi connectivity index (χ3v) is 3.08. The lowest BCUT2D eigenvalue weighted by Crippen LogP contribution is -2.21. The predicted molar refractivity (Wildman–Crippen MR) is 89.6 cm³/mol. The van der Waals surface area contributed by atoms with Crippen LogP contribution in [0, 0.1) is 0 Å². The molecule has 0 atom stereocenters. The van der Waals surface area contributed by atoms with E-state index in [1.807, 2.05) is 38.1 Å². The van der Waals surface area contributed by atoms with Gasteiger partial charge in [-0.05, 0) is 31.5 Å². The van der Waals surface area contributed by atoms with Crippen LogP contribution in [0.25, 0.3) is 0 Å². The Morgan fingerprint density at radius 2 is 1.83 bits per heavy atom. The first kappa shape index (κ1) is 16.7. The number of aromatic nitrogens is 2. The number of benzene rings is 1. The molecule has 0 spiro atoms. The van der Waals surface area contributed by atoms with Crippen molar-refractivity contribution >= 4 is 11.7 Å². The SMILES string of the molecule is CC(C)Oc1nccnc1NCc1ccc(C(=O)N(C)C)cc1. The summed E-state index contributed by atoms with van der Waals surface area (Å²) in [6.45, 7) is 4.46. The van der Waals surface area contributed by atoms with Gasteiger partial charge in [-0.25, -0.2) is 9.97 Å². The number of anilines is 1. The number of carbonyl (C=O) groups excluding carboxylic acids is 1. The number of hydrogen-bond donors (Lipinski definition) is 1. The first-order valence-electron chi connectivity index (χ1n) is 7.49. The Bertz CT molecular complexity index is 654. The monoisotopic (exact) mass is 314 g/mol. The molecule has 0 bridgehead atoms. The zero-order chi connectivity index (χ0) is 16.8. The maximum atomic E-state index is 11.9. The lowest BCUT2D eigenvalue weighted by Gasteiger charge is -2.13. The lowest BCUT2D eigenvalue weighted by atomic mass is 10.1. The molecule has 2 aromatic rings. The smallest absolute Gasteiger partial charge is 0.257 e. The van der Waals surface area contributed by atoms with E-state index in [1.165, 1.54) is 0 Å². The minimum atomic E-state index is -0.00828. The Kier molecular flexibility index (Phi) is 5.51. The maximum absolute atomic E-state index is 11.9. The van der Waals surface area contributed by atoms with E-state index in [2.05, 4.69) is 15.3 Å². The Morgan fingerprint density at radius 3 is 2.43 bits per heavy atom. The fourth-order valence-electron chi connectivity index (χ4n) is 1.97. The maximum Gasteiger partial charge on any atom is 0.257 e. The van der Waals surface area contributed by atoms with Gasteiger partial charge in [-0.2, -0.15) is 0 Å².